The van der Waals surface area contributed by atoms with E-state index in [0.29, 0.717) is 12.0 Å². The number of likely N-dealkylation sites (N-methyl/N-ethyl adjacent to an activating group) is 1. The maximum absolute atomic E-state index is 5.26. The van der Waals surface area contributed by atoms with Crippen molar-refractivity contribution < 1.29 is 9.47 Å². The summed E-state index contributed by atoms with van der Waals surface area (Å²) in [5.41, 5.74) is 1.30. The third-order valence-corrected chi connectivity index (χ3v) is 3.42. The number of nitrogens with one attached hydrogen (secondary N) is 1. The van der Waals surface area contributed by atoms with Crippen molar-refractivity contribution in [2.24, 2.45) is 5.92 Å². The molecule has 2 unspecified atom stereocenters. The van der Waals surface area contributed by atoms with E-state index in [2.05, 4.69) is 24.4 Å². The van der Waals surface area contributed by atoms with Gasteiger partial charge in [-0.15, -0.1) is 0 Å². The molecule has 0 saturated heterocycles. The SMILES string of the molecule is CNC(Cc1cccc(OC)c1)C(C)CCOC. The Hall–Kier alpha value is -1.06. The van der Waals surface area contributed by atoms with Gasteiger partial charge < -0.3 is 14.8 Å². The molecule has 1 aromatic carbocycles. The molecule has 0 saturated carbocycles. The highest BCUT2D eigenvalue weighted by molar-refractivity contribution is 5.29. The van der Waals surface area contributed by atoms with Gasteiger partial charge in [0, 0.05) is 19.8 Å². The summed E-state index contributed by atoms with van der Waals surface area (Å²) in [6.45, 7) is 3.08. The Morgan fingerprint density at radius 3 is 2.67 bits per heavy atom. The highest BCUT2D eigenvalue weighted by atomic mass is 16.5. The van der Waals surface area contributed by atoms with Gasteiger partial charge in [0.05, 0.1) is 7.11 Å². The van der Waals surface area contributed by atoms with Crippen molar-refractivity contribution in [1.29, 1.82) is 0 Å². The second-order valence-corrected chi connectivity index (χ2v) is 4.71. The fourth-order valence-corrected chi connectivity index (χ4v) is 2.15. The predicted molar refractivity (Wildman–Crippen MR) is 75.2 cm³/mol. The van der Waals surface area contributed by atoms with Crippen LogP contribution in [0.3, 0.4) is 0 Å². The first kappa shape index (κ1) is 15.0. The molecular weight excluding hydrogens is 226 g/mol. The molecule has 0 bridgehead atoms. The van der Waals surface area contributed by atoms with Crippen LogP contribution in [-0.2, 0) is 11.2 Å². The maximum atomic E-state index is 5.26. The minimum Gasteiger partial charge on any atom is -0.497 e. The minimum atomic E-state index is 0.465. The zero-order valence-corrected chi connectivity index (χ0v) is 11.9. The second kappa shape index (κ2) is 8.11. The summed E-state index contributed by atoms with van der Waals surface area (Å²) in [4.78, 5) is 0. The molecule has 102 valence electrons. The molecule has 0 aliphatic carbocycles. The molecule has 0 heterocycles. The molecule has 0 fully saturated rings. The lowest BCUT2D eigenvalue weighted by Crippen LogP contribution is -2.34. The predicted octanol–water partition coefficient (Wildman–Crippen LogP) is 2.50. The highest BCUT2D eigenvalue weighted by Crippen LogP contribution is 2.17. The van der Waals surface area contributed by atoms with Gasteiger partial charge in [0.2, 0.25) is 0 Å². The van der Waals surface area contributed by atoms with E-state index in [1.165, 1.54) is 5.56 Å². The Kier molecular flexibility index (Phi) is 6.76. The number of rotatable bonds is 8. The third-order valence-electron chi connectivity index (χ3n) is 3.42. The summed E-state index contributed by atoms with van der Waals surface area (Å²) in [5, 5.41) is 3.40. The van der Waals surface area contributed by atoms with Crippen LogP contribution in [-0.4, -0.2) is 33.9 Å². The number of benzene rings is 1. The first-order valence-corrected chi connectivity index (χ1v) is 6.50. The van der Waals surface area contributed by atoms with Gasteiger partial charge >= 0.3 is 0 Å². The molecule has 0 amide bonds. The topological polar surface area (TPSA) is 30.5 Å². The molecule has 0 aliphatic rings. The number of hydrogen-bond donors (Lipinski definition) is 1. The molecule has 3 nitrogen and oxygen atoms in total. The molecule has 3 heteroatoms. The summed E-state index contributed by atoms with van der Waals surface area (Å²) in [6.07, 6.45) is 2.09. The van der Waals surface area contributed by atoms with Gasteiger partial charge in [-0.25, -0.2) is 0 Å². The van der Waals surface area contributed by atoms with Crippen molar-refractivity contribution in [2.45, 2.75) is 25.8 Å². The average Bonchev–Trinajstić information content (AvgIpc) is 2.42. The highest BCUT2D eigenvalue weighted by Gasteiger charge is 2.15. The summed E-state index contributed by atoms with van der Waals surface area (Å²) >= 11 is 0. The summed E-state index contributed by atoms with van der Waals surface area (Å²) in [5.74, 6) is 1.51. The van der Waals surface area contributed by atoms with Gasteiger partial charge in [0.15, 0.2) is 0 Å². The third kappa shape index (κ3) is 4.67. The molecule has 0 aliphatic heterocycles. The van der Waals surface area contributed by atoms with Gasteiger partial charge in [0.1, 0.15) is 5.75 Å². The van der Waals surface area contributed by atoms with E-state index in [-0.39, 0.29) is 0 Å². The zero-order chi connectivity index (χ0) is 13.4. The Morgan fingerprint density at radius 2 is 2.06 bits per heavy atom. The summed E-state index contributed by atoms with van der Waals surface area (Å²) in [7, 11) is 5.48. The van der Waals surface area contributed by atoms with E-state index in [0.717, 1.165) is 25.2 Å². The van der Waals surface area contributed by atoms with E-state index in [1.54, 1.807) is 14.2 Å². The van der Waals surface area contributed by atoms with Crippen LogP contribution in [0.15, 0.2) is 24.3 Å². The molecule has 1 aromatic rings. The van der Waals surface area contributed by atoms with Gasteiger partial charge in [-0.2, -0.15) is 0 Å². The van der Waals surface area contributed by atoms with E-state index < -0.39 is 0 Å². The second-order valence-electron chi connectivity index (χ2n) is 4.71. The van der Waals surface area contributed by atoms with E-state index >= 15 is 0 Å². The van der Waals surface area contributed by atoms with Gasteiger partial charge in [0.25, 0.3) is 0 Å². The monoisotopic (exact) mass is 251 g/mol. The fourth-order valence-electron chi connectivity index (χ4n) is 2.15. The maximum Gasteiger partial charge on any atom is 0.119 e. The van der Waals surface area contributed by atoms with Crippen molar-refractivity contribution in [3.05, 3.63) is 29.8 Å². The first-order valence-electron chi connectivity index (χ1n) is 6.50. The molecule has 1 rings (SSSR count). The lowest BCUT2D eigenvalue weighted by Gasteiger charge is -2.23. The van der Waals surface area contributed by atoms with Crippen LogP contribution in [0.4, 0.5) is 0 Å². The number of ether oxygens (including phenoxy) is 2. The zero-order valence-electron chi connectivity index (χ0n) is 11.9. The van der Waals surface area contributed by atoms with Crippen LogP contribution in [0.2, 0.25) is 0 Å². The molecule has 2 atom stereocenters. The van der Waals surface area contributed by atoms with Crippen LogP contribution in [0.1, 0.15) is 18.9 Å². The standard InChI is InChI=1S/C15H25NO2/c1-12(8-9-17-3)15(16-2)11-13-6-5-7-14(10-13)18-4/h5-7,10,12,15-16H,8-9,11H2,1-4H3. The van der Waals surface area contributed by atoms with E-state index in [4.69, 9.17) is 9.47 Å². The van der Waals surface area contributed by atoms with Crippen LogP contribution in [0.25, 0.3) is 0 Å². The molecular formula is C15H25NO2. The van der Waals surface area contributed by atoms with Crippen LogP contribution in [0.5, 0.6) is 5.75 Å². The van der Waals surface area contributed by atoms with Crippen molar-refractivity contribution in [3.8, 4) is 5.75 Å². The molecule has 18 heavy (non-hydrogen) atoms. The lowest BCUT2D eigenvalue weighted by atomic mass is 9.93. The van der Waals surface area contributed by atoms with Gasteiger partial charge in [-0.05, 0) is 43.5 Å². The molecule has 0 spiro atoms. The van der Waals surface area contributed by atoms with Crippen molar-refractivity contribution >= 4 is 0 Å². The molecule has 1 N–H and O–H groups in total. The van der Waals surface area contributed by atoms with E-state index in [1.807, 2.05) is 19.2 Å². The van der Waals surface area contributed by atoms with Gasteiger partial charge in [-0.1, -0.05) is 19.1 Å². The largest absolute Gasteiger partial charge is 0.497 e. The lowest BCUT2D eigenvalue weighted by molar-refractivity contribution is 0.171. The average molecular weight is 251 g/mol. The minimum absolute atomic E-state index is 0.465. The fraction of sp³-hybridized carbons (Fsp3) is 0.600. The van der Waals surface area contributed by atoms with Crippen molar-refractivity contribution in [1.82, 2.24) is 5.32 Å². The molecule has 0 radical (unpaired) electrons. The van der Waals surface area contributed by atoms with Crippen LogP contribution < -0.4 is 10.1 Å². The number of hydrogen-bond acceptors (Lipinski definition) is 3. The Balaban J connectivity index is 2.60. The Bertz CT molecular complexity index is 341. The molecule has 0 aromatic heterocycles. The Labute approximate surface area is 110 Å². The summed E-state index contributed by atoms with van der Waals surface area (Å²) < 4.78 is 10.4. The van der Waals surface area contributed by atoms with Crippen LogP contribution in [0, 0.1) is 5.92 Å². The smallest absolute Gasteiger partial charge is 0.119 e. The van der Waals surface area contributed by atoms with Gasteiger partial charge in [-0.3, -0.25) is 0 Å². The quantitative estimate of drug-likeness (QED) is 0.770. The Morgan fingerprint density at radius 1 is 1.28 bits per heavy atom. The van der Waals surface area contributed by atoms with E-state index in [9.17, 15) is 0 Å². The van der Waals surface area contributed by atoms with Crippen molar-refractivity contribution in [3.63, 3.8) is 0 Å². The van der Waals surface area contributed by atoms with Crippen molar-refractivity contribution in [2.75, 3.05) is 27.9 Å². The number of methoxy groups -OCH3 is 2. The first-order chi connectivity index (χ1) is 8.71. The summed E-state index contributed by atoms with van der Waals surface area (Å²) in [6, 6.07) is 8.74. The normalized spacial score (nSPS) is 14.2. The van der Waals surface area contributed by atoms with Crippen LogP contribution >= 0.6 is 0 Å².